The van der Waals surface area contributed by atoms with Gasteiger partial charge in [0.25, 0.3) is 0 Å². The van der Waals surface area contributed by atoms with E-state index in [-0.39, 0.29) is 6.04 Å². The summed E-state index contributed by atoms with van der Waals surface area (Å²) in [5.41, 5.74) is 2.79. The first-order chi connectivity index (χ1) is 7.76. The molecule has 0 aromatic heterocycles. The molecule has 0 aliphatic carbocycles. The van der Waals surface area contributed by atoms with Crippen LogP contribution >= 0.6 is 27.7 Å². The zero-order valence-electron chi connectivity index (χ0n) is 9.16. The van der Waals surface area contributed by atoms with Gasteiger partial charge in [0.1, 0.15) is 0 Å². The molecule has 3 N–H and O–H groups in total. The summed E-state index contributed by atoms with van der Waals surface area (Å²) >= 11 is 5.19. The topological polar surface area (TPSA) is 38.0 Å². The predicted molar refractivity (Wildman–Crippen MR) is 74.0 cm³/mol. The molecule has 1 unspecified atom stereocenters. The Kier molecular flexibility index (Phi) is 6.58. The van der Waals surface area contributed by atoms with Crippen molar-refractivity contribution in [2.45, 2.75) is 24.3 Å². The van der Waals surface area contributed by atoms with Crippen LogP contribution in [-0.2, 0) is 0 Å². The number of halogens is 1. The summed E-state index contributed by atoms with van der Waals surface area (Å²) in [6.07, 6.45) is 0.788. The minimum Gasteiger partial charge on any atom is -0.271 e. The zero-order chi connectivity index (χ0) is 11.8. The van der Waals surface area contributed by atoms with E-state index in [4.69, 9.17) is 5.84 Å². The highest BCUT2D eigenvalue weighted by Gasteiger charge is 2.05. The van der Waals surface area contributed by atoms with Crippen LogP contribution in [0.4, 0.5) is 0 Å². The number of thioether (sulfide) groups is 1. The third kappa shape index (κ3) is 5.04. The molecule has 1 atom stereocenters. The highest BCUT2D eigenvalue weighted by molar-refractivity contribution is 9.10. The molecule has 0 saturated heterocycles. The maximum atomic E-state index is 5.46. The molecule has 1 aromatic rings. The van der Waals surface area contributed by atoms with Crippen molar-refractivity contribution in [3.63, 3.8) is 0 Å². The van der Waals surface area contributed by atoms with Gasteiger partial charge in [0.2, 0.25) is 0 Å². The van der Waals surface area contributed by atoms with Crippen molar-refractivity contribution in [1.29, 1.82) is 0 Å². The number of nitrogens with two attached hydrogens (primary N) is 1. The first-order valence-corrected chi connectivity index (χ1v) is 6.78. The van der Waals surface area contributed by atoms with E-state index in [1.165, 1.54) is 4.90 Å². The monoisotopic (exact) mass is 298 g/mol. The van der Waals surface area contributed by atoms with E-state index in [9.17, 15) is 0 Å². The normalized spacial score (nSPS) is 11.7. The standard InChI is InChI=1S/C12H15BrN2S/c1-2-3-4-11(15-14)9-16-12-7-5-10(13)6-8-12/h5-8,11,15H,4,9,14H2,1H3. The summed E-state index contributed by atoms with van der Waals surface area (Å²) in [4.78, 5) is 1.24. The zero-order valence-corrected chi connectivity index (χ0v) is 11.6. The fraction of sp³-hybridized carbons (Fsp3) is 0.333. The molecule has 4 heteroatoms. The van der Waals surface area contributed by atoms with Gasteiger partial charge in [0, 0.05) is 27.6 Å². The van der Waals surface area contributed by atoms with Crippen molar-refractivity contribution in [2.75, 3.05) is 5.75 Å². The number of rotatable bonds is 5. The average Bonchev–Trinajstić information content (AvgIpc) is 2.32. The lowest BCUT2D eigenvalue weighted by atomic mass is 10.2. The smallest absolute Gasteiger partial charge is 0.0413 e. The van der Waals surface area contributed by atoms with Gasteiger partial charge in [-0.05, 0) is 31.2 Å². The van der Waals surface area contributed by atoms with Crippen molar-refractivity contribution < 1.29 is 0 Å². The van der Waals surface area contributed by atoms with Crippen LogP contribution in [0.25, 0.3) is 0 Å². The van der Waals surface area contributed by atoms with E-state index in [0.29, 0.717) is 0 Å². The Hall–Kier alpha value is -0.470. The van der Waals surface area contributed by atoms with Crippen molar-refractivity contribution in [3.05, 3.63) is 28.7 Å². The molecule has 0 aliphatic rings. The predicted octanol–water partition coefficient (Wildman–Crippen LogP) is 2.79. The van der Waals surface area contributed by atoms with E-state index in [0.717, 1.165) is 16.6 Å². The molecular weight excluding hydrogens is 284 g/mol. The Bertz CT molecular complexity index is 367. The van der Waals surface area contributed by atoms with Crippen molar-refractivity contribution >= 4 is 27.7 Å². The summed E-state index contributed by atoms with van der Waals surface area (Å²) in [5.74, 6) is 12.3. The van der Waals surface area contributed by atoms with Crippen LogP contribution in [0.5, 0.6) is 0 Å². The maximum Gasteiger partial charge on any atom is 0.0413 e. The molecule has 0 amide bonds. The van der Waals surface area contributed by atoms with Gasteiger partial charge >= 0.3 is 0 Å². The molecule has 16 heavy (non-hydrogen) atoms. The Labute approximate surface area is 109 Å². The van der Waals surface area contributed by atoms with Crippen LogP contribution in [0.1, 0.15) is 13.3 Å². The highest BCUT2D eigenvalue weighted by atomic mass is 79.9. The van der Waals surface area contributed by atoms with Crippen molar-refractivity contribution in [1.82, 2.24) is 5.43 Å². The second kappa shape index (κ2) is 7.75. The van der Waals surface area contributed by atoms with Crippen LogP contribution < -0.4 is 11.3 Å². The van der Waals surface area contributed by atoms with Gasteiger partial charge in [-0.1, -0.05) is 15.9 Å². The van der Waals surface area contributed by atoms with Gasteiger partial charge in [-0.25, -0.2) is 0 Å². The van der Waals surface area contributed by atoms with E-state index in [2.05, 4.69) is 45.3 Å². The summed E-state index contributed by atoms with van der Waals surface area (Å²) in [7, 11) is 0. The molecule has 0 radical (unpaired) electrons. The molecule has 0 fully saturated rings. The van der Waals surface area contributed by atoms with Crippen molar-refractivity contribution in [3.8, 4) is 11.8 Å². The second-order valence-corrected chi connectivity index (χ2v) is 5.27. The van der Waals surface area contributed by atoms with Gasteiger partial charge < -0.3 is 0 Å². The van der Waals surface area contributed by atoms with Crippen LogP contribution in [0, 0.1) is 11.8 Å². The SMILES string of the molecule is CC#CCC(CSc1ccc(Br)cc1)NN. The van der Waals surface area contributed by atoms with Gasteiger partial charge in [0.05, 0.1) is 0 Å². The largest absolute Gasteiger partial charge is 0.271 e. The number of benzene rings is 1. The van der Waals surface area contributed by atoms with E-state index in [1.807, 2.05) is 19.1 Å². The summed E-state index contributed by atoms with van der Waals surface area (Å²) < 4.78 is 1.10. The lowest BCUT2D eigenvalue weighted by Crippen LogP contribution is -2.36. The Morgan fingerprint density at radius 3 is 2.69 bits per heavy atom. The summed E-state index contributed by atoms with van der Waals surface area (Å²) in [5, 5.41) is 0. The molecule has 1 rings (SSSR count). The van der Waals surface area contributed by atoms with Gasteiger partial charge in [-0.15, -0.1) is 23.6 Å². The Morgan fingerprint density at radius 2 is 2.12 bits per heavy atom. The molecule has 0 bridgehead atoms. The third-order valence-corrected chi connectivity index (χ3v) is 3.73. The van der Waals surface area contributed by atoms with E-state index in [1.54, 1.807) is 11.8 Å². The van der Waals surface area contributed by atoms with Crippen LogP contribution in [-0.4, -0.2) is 11.8 Å². The lowest BCUT2D eigenvalue weighted by molar-refractivity contribution is 0.591. The highest BCUT2D eigenvalue weighted by Crippen LogP contribution is 2.21. The fourth-order valence-electron chi connectivity index (χ4n) is 1.12. The van der Waals surface area contributed by atoms with Gasteiger partial charge in [0.15, 0.2) is 0 Å². The Morgan fingerprint density at radius 1 is 1.44 bits per heavy atom. The van der Waals surface area contributed by atoms with Crippen LogP contribution in [0.2, 0.25) is 0 Å². The molecule has 0 spiro atoms. The lowest BCUT2D eigenvalue weighted by Gasteiger charge is -2.12. The third-order valence-electron chi connectivity index (χ3n) is 2.03. The Balaban J connectivity index is 2.41. The minimum atomic E-state index is 0.237. The number of nitrogens with one attached hydrogen (secondary N) is 1. The molecule has 0 heterocycles. The van der Waals surface area contributed by atoms with Gasteiger partial charge in [-0.3, -0.25) is 11.3 Å². The summed E-state index contributed by atoms with van der Waals surface area (Å²) in [6.45, 7) is 1.84. The van der Waals surface area contributed by atoms with E-state index >= 15 is 0 Å². The second-order valence-electron chi connectivity index (χ2n) is 3.26. The average molecular weight is 299 g/mol. The fourth-order valence-corrected chi connectivity index (χ4v) is 2.32. The van der Waals surface area contributed by atoms with Crippen molar-refractivity contribution in [2.24, 2.45) is 5.84 Å². The maximum absolute atomic E-state index is 5.46. The van der Waals surface area contributed by atoms with Crippen LogP contribution in [0.15, 0.2) is 33.6 Å². The number of hydrogen-bond acceptors (Lipinski definition) is 3. The molecule has 0 aliphatic heterocycles. The molecular formula is C12H15BrN2S. The molecule has 86 valence electrons. The molecule has 2 nitrogen and oxygen atoms in total. The molecule has 1 aromatic carbocycles. The van der Waals surface area contributed by atoms with Crippen LogP contribution in [0.3, 0.4) is 0 Å². The number of hydrogen-bond donors (Lipinski definition) is 2. The first-order valence-electron chi connectivity index (χ1n) is 5.00. The first kappa shape index (κ1) is 13.6. The van der Waals surface area contributed by atoms with Gasteiger partial charge in [-0.2, -0.15) is 0 Å². The summed E-state index contributed by atoms with van der Waals surface area (Å²) in [6, 6.07) is 8.50. The molecule has 0 saturated carbocycles. The minimum absolute atomic E-state index is 0.237. The quantitative estimate of drug-likeness (QED) is 0.380. The van der Waals surface area contributed by atoms with E-state index < -0.39 is 0 Å². The number of hydrazine groups is 1.